The van der Waals surface area contributed by atoms with E-state index in [1.807, 2.05) is 24.3 Å². The second-order valence-electron chi connectivity index (χ2n) is 7.01. The Kier molecular flexibility index (Phi) is 4.85. The van der Waals surface area contributed by atoms with Crippen LogP contribution in [0.2, 0.25) is 0 Å². The van der Waals surface area contributed by atoms with Gasteiger partial charge in [-0.2, -0.15) is 5.10 Å². The van der Waals surface area contributed by atoms with Crippen molar-refractivity contribution in [2.45, 2.75) is 45.2 Å². The lowest BCUT2D eigenvalue weighted by atomic mass is 10.1. The number of hydrogen-bond donors (Lipinski definition) is 1. The molecule has 1 aromatic carbocycles. The van der Waals surface area contributed by atoms with Crippen molar-refractivity contribution in [2.24, 2.45) is 0 Å². The summed E-state index contributed by atoms with van der Waals surface area (Å²) in [6, 6.07) is 7.77. The van der Waals surface area contributed by atoms with E-state index in [0.717, 1.165) is 24.2 Å². The molecule has 1 amide bonds. The quantitative estimate of drug-likeness (QED) is 0.674. The molecule has 1 saturated carbocycles. The van der Waals surface area contributed by atoms with E-state index in [-0.39, 0.29) is 17.0 Å². The first-order valence-electron chi connectivity index (χ1n) is 9.37. The maximum atomic E-state index is 12.7. The SMILES string of the molecule is COc1ccc(-c2nn(CCCC(=O)NC3CC3)c(=O)c3noc(C)c23)cc1. The van der Waals surface area contributed by atoms with Crippen LogP contribution >= 0.6 is 0 Å². The number of aromatic nitrogens is 3. The summed E-state index contributed by atoms with van der Waals surface area (Å²) in [6.45, 7) is 2.10. The highest BCUT2D eigenvalue weighted by Crippen LogP contribution is 2.28. The van der Waals surface area contributed by atoms with Crippen LogP contribution in [0.4, 0.5) is 0 Å². The number of fused-ring (bicyclic) bond motifs is 1. The van der Waals surface area contributed by atoms with Gasteiger partial charge in [-0.1, -0.05) is 5.16 Å². The topological polar surface area (TPSA) is 99.2 Å². The molecular weight excluding hydrogens is 360 g/mol. The number of nitrogens with one attached hydrogen (secondary N) is 1. The molecule has 0 aliphatic heterocycles. The lowest BCUT2D eigenvalue weighted by Crippen LogP contribution is -2.27. The van der Waals surface area contributed by atoms with Gasteiger partial charge in [0.15, 0.2) is 5.52 Å². The van der Waals surface area contributed by atoms with Gasteiger partial charge in [-0.25, -0.2) is 4.68 Å². The lowest BCUT2D eigenvalue weighted by Gasteiger charge is -2.09. The van der Waals surface area contributed by atoms with Crippen molar-refractivity contribution in [3.63, 3.8) is 0 Å². The Balaban J connectivity index is 1.63. The number of nitrogens with zero attached hydrogens (tertiary/aromatic N) is 3. The molecule has 0 bridgehead atoms. The third-order valence-corrected chi connectivity index (χ3v) is 4.84. The second kappa shape index (κ2) is 7.46. The Hall–Kier alpha value is -3.16. The standard InChI is InChI=1S/C20H22N4O4/c1-12-17-18(13-5-9-15(27-2)10-6-13)22-24(20(26)19(17)23-28-12)11-3-4-16(25)21-14-7-8-14/h5-6,9-10,14H,3-4,7-8,11H2,1-2H3,(H,21,25). The van der Waals surface area contributed by atoms with Gasteiger partial charge in [-0.15, -0.1) is 0 Å². The third-order valence-electron chi connectivity index (χ3n) is 4.84. The molecule has 0 radical (unpaired) electrons. The van der Waals surface area contributed by atoms with Gasteiger partial charge in [0.25, 0.3) is 5.56 Å². The number of amides is 1. The normalized spacial score (nSPS) is 13.6. The molecule has 3 aromatic rings. The summed E-state index contributed by atoms with van der Waals surface area (Å²) >= 11 is 0. The fraction of sp³-hybridized carbons (Fsp3) is 0.400. The van der Waals surface area contributed by atoms with E-state index in [9.17, 15) is 9.59 Å². The minimum Gasteiger partial charge on any atom is -0.497 e. The fourth-order valence-electron chi connectivity index (χ4n) is 3.15. The number of carbonyl (C=O) groups excluding carboxylic acids is 1. The first-order valence-corrected chi connectivity index (χ1v) is 9.37. The van der Waals surface area contributed by atoms with Crippen LogP contribution in [0.5, 0.6) is 5.75 Å². The highest BCUT2D eigenvalue weighted by atomic mass is 16.5. The monoisotopic (exact) mass is 382 g/mol. The van der Waals surface area contributed by atoms with Crippen LogP contribution in [0, 0.1) is 6.92 Å². The van der Waals surface area contributed by atoms with Crippen LogP contribution in [0.3, 0.4) is 0 Å². The van der Waals surface area contributed by atoms with Gasteiger partial charge in [-0.05, 0) is 50.5 Å². The van der Waals surface area contributed by atoms with Gasteiger partial charge >= 0.3 is 0 Å². The summed E-state index contributed by atoms with van der Waals surface area (Å²) < 4.78 is 11.8. The molecule has 8 nitrogen and oxygen atoms in total. The summed E-state index contributed by atoms with van der Waals surface area (Å²) in [5.74, 6) is 1.29. The summed E-state index contributed by atoms with van der Waals surface area (Å²) in [4.78, 5) is 24.6. The van der Waals surface area contributed by atoms with E-state index >= 15 is 0 Å². The van der Waals surface area contributed by atoms with Gasteiger partial charge in [0.05, 0.1) is 12.5 Å². The number of benzene rings is 1. The van der Waals surface area contributed by atoms with Crippen LogP contribution < -0.4 is 15.6 Å². The van der Waals surface area contributed by atoms with Crippen molar-refractivity contribution in [3.05, 3.63) is 40.4 Å². The average molecular weight is 382 g/mol. The molecule has 8 heteroatoms. The van der Waals surface area contributed by atoms with Crippen molar-refractivity contribution < 1.29 is 14.1 Å². The largest absolute Gasteiger partial charge is 0.497 e. The zero-order valence-electron chi connectivity index (χ0n) is 15.9. The number of aryl methyl sites for hydroxylation is 2. The van der Waals surface area contributed by atoms with Gasteiger partial charge < -0.3 is 14.6 Å². The maximum absolute atomic E-state index is 12.7. The zero-order valence-corrected chi connectivity index (χ0v) is 15.9. The van der Waals surface area contributed by atoms with Crippen LogP contribution in [0.1, 0.15) is 31.4 Å². The van der Waals surface area contributed by atoms with Gasteiger partial charge in [0, 0.05) is 24.6 Å². The van der Waals surface area contributed by atoms with Crippen LogP contribution in [-0.2, 0) is 11.3 Å². The predicted molar refractivity (Wildman–Crippen MR) is 103 cm³/mol. The average Bonchev–Trinajstić information content (AvgIpc) is 3.43. The molecule has 1 fully saturated rings. The summed E-state index contributed by atoms with van der Waals surface area (Å²) in [7, 11) is 1.61. The van der Waals surface area contributed by atoms with Crippen LogP contribution in [0.15, 0.2) is 33.6 Å². The third kappa shape index (κ3) is 3.62. The van der Waals surface area contributed by atoms with Crippen molar-refractivity contribution in [2.75, 3.05) is 7.11 Å². The summed E-state index contributed by atoms with van der Waals surface area (Å²) in [5, 5.41) is 12.1. The van der Waals surface area contributed by atoms with Crippen molar-refractivity contribution in [3.8, 4) is 17.0 Å². The van der Waals surface area contributed by atoms with E-state index < -0.39 is 0 Å². The second-order valence-corrected chi connectivity index (χ2v) is 7.01. The van der Waals surface area contributed by atoms with Crippen molar-refractivity contribution in [1.29, 1.82) is 0 Å². The Morgan fingerprint density at radius 1 is 1.32 bits per heavy atom. The number of rotatable bonds is 7. The number of carbonyl (C=O) groups is 1. The molecule has 0 atom stereocenters. The van der Waals surface area contributed by atoms with E-state index in [2.05, 4.69) is 15.6 Å². The van der Waals surface area contributed by atoms with Gasteiger partial charge in [-0.3, -0.25) is 9.59 Å². The Morgan fingerprint density at radius 3 is 2.75 bits per heavy atom. The Morgan fingerprint density at radius 2 is 2.07 bits per heavy atom. The number of ether oxygens (including phenoxy) is 1. The van der Waals surface area contributed by atoms with Crippen LogP contribution in [0.25, 0.3) is 22.2 Å². The van der Waals surface area contributed by atoms with E-state index in [1.54, 1.807) is 14.0 Å². The Bertz CT molecular complexity index is 1060. The first kappa shape index (κ1) is 18.2. The molecule has 2 aromatic heterocycles. The fourth-order valence-corrected chi connectivity index (χ4v) is 3.15. The molecule has 0 unspecified atom stereocenters. The molecular formula is C20H22N4O4. The summed E-state index contributed by atoms with van der Waals surface area (Å²) in [5.41, 5.74) is 1.39. The van der Waals surface area contributed by atoms with Crippen molar-refractivity contribution in [1.82, 2.24) is 20.3 Å². The van der Waals surface area contributed by atoms with Gasteiger partial charge in [0.2, 0.25) is 5.91 Å². The van der Waals surface area contributed by atoms with Crippen molar-refractivity contribution >= 4 is 16.8 Å². The Labute approximate surface area is 161 Å². The highest BCUT2D eigenvalue weighted by Gasteiger charge is 2.23. The van der Waals surface area contributed by atoms with Crippen LogP contribution in [-0.4, -0.2) is 34.0 Å². The van der Waals surface area contributed by atoms with E-state index in [0.29, 0.717) is 42.3 Å². The molecule has 2 heterocycles. The maximum Gasteiger partial charge on any atom is 0.296 e. The molecule has 1 aliphatic rings. The molecule has 1 N–H and O–H groups in total. The highest BCUT2D eigenvalue weighted by molar-refractivity contribution is 5.93. The predicted octanol–water partition coefficient (Wildman–Crippen LogP) is 2.43. The summed E-state index contributed by atoms with van der Waals surface area (Å²) in [6.07, 6.45) is 2.99. The van der Waals surface area contributed by atoms with E-state index in [4.69, 9.17) is 9.26 Å². The first-order chi connectivity index (χ1) is 13.6. The van der Waals surface area contributed by atoms with Gasteiger partial charge in [0.1, 0.15) is 17.2 Å². The van der Waals surface area contributed by atoms with E-state index in [1.165, 1.54) is 4.68 Å². The molecule has 0 saturated heterocycles. The number of hydrogen-bond acceptors (Lipinski definition) is 6. The minimum absolute atomic E-state index is 0.0179. The smallest absolute Gasteiger partial charge is 0.296 e. The minimum atomic E-state index is -0.313. The molecule has 1 aliphatic carbocycles. The zero-order chi connectivity index (χ0) is 19.7. The number of methoxy groups -OCH3 is 1. The molecule has 28 heavy (non-hydrogen) atoms. The molecule has 146 valence electrons. The molecule has 0 spiro atoms. The lowest BCUT2D eigenvalue weighted by molar-refractivity contribution is -0.121. The molecule has 4 rings (SSSR count).